The fraction of sp³-hybridized carbons (Fsp3) is 0.250. The van der Waals surface area contributed by atoms with Gasteiger partial charge in [0.1, 0.15) is 5.82 Å². The molecular weight excluding hydrogens is 342 g/mol. The van der Waals surface area contributed by atoms with Gasteiger partial charge in [-0.15, -0.1) is 11.8 Å². The lowest BCUT2D eigenvalue weighted by Gasteiger charge is -2.21. The molecule has 0 aliphatic heterocycles. The number of thioether (sulfide) groups is 1. The quantitative estimate of drug-likeness (QED) is 0.605. The third kappa shape index (κ3) is 4.95. The molecule has 5 nitrogen and oxygen atoms in total. The van der Waals surface area contributed by atoms with Crippen LogP contribution in [0.4, 0.5) is 17.5 Å². The van der Waals surface area contributed by atoms with Crippen LogP contribution in [-0.4, -0.2) is 26.7 Å². The van der Waals surface area contributed by atoms with E-state index in [0.29, 0.717) is 5.95 Å². The van der Waals surface area contributed by atoms with Gasteiger partial charge in [-0.05, 0) is 57.4 Å². The minimum Gasteiger partial charge on any atom is -0.350 e. The molecule has 2 N–H and O–H groups in total. The molecule has 0 unspecified atom stereocenters. The molecule has 0 saturated heterocycles. The number of benzene rings is 1. The first kappa shape index (κ1) is 18.2. The lowest BCUT2D eigenvalue weighted by molar-refractivity contribution is 0.626. The van der Waals surface area contributed by atoms with Gasteiger partial charge in [-0.25, -0.2) is 4.98 Å². The van der Waals surface area contributed by atoms with E-state index in [4.69, 9.17) is 0 Å². The average molecular weight is 366 g/mol. The zero-order valence-corrected chi connectivity index (χ0v) is 16.3. The van der Waals surface area contributed by atoms with Crippen LogP contribution in [0.5, 0.6) is 0 Å². The van der Waals surface area contributed by atoms with Crippen molar-refractivity contribution in [1.29, 1.82) is 0 Å². The number of aromatic nitrogens is 3. The topological polar surface area (TPSA) is 62.7 Å². The number of hydrogen-bond donors (Lipinski definition) is 2. The Morgan fingerprint density at radius 3 is 2.46 bits per heavy atom. The van der Waals surface area contributed by atoms with Gasteiger partial charge in [0, 0.05) is 28.4 Å². The van der Waals surface area contributed by atoms with E-state index in [0.717, 1.165) is 22.9 Å². The van der Waals surface area contributed by atoms with Crippen LogP contribution in [0.2, 0.25) is 0 Å². The summed E-state index contributed by atoms with van der Waals surface area (Å²) in [4.78, 5) is 14.9. The maximum absolute atomic E-state index is 4.64. The van der Waals surface area contributed by atoms with Crippen LogP contribution in [0.25, 0.3) is 11.4 Å². The first-order valence-corrected chi connectivity index (χ1v) is 9.65. The molecule has 3 rings (SSSR count). The van der Waals surface area contributed by atoms with E-state index in [-0.39, 0.29) is 5.54 Å². The van der Waals surface area contributed by atoms with Crippen molar-refractivity contribution in [3.8, 4) is 11.4 Å². The number of hydrogen-bond acceptors (Lipinski definition) is 6. The first-order valence-electron chi connectivity index (χ1n) is 8.43. The predicted octanol–water partition coefficient (Wildman–Crippen LogP) is 5.21. The van der Waals surface area contributed by atoms with Crippen LogP contribution in [-0.2, 0) is 0 Å². The van der Waals surface area contributed by atoms with E-state index in [9.17, 15) is 0 Å². The monoisotopic (exact) mass is 365 g/mol. The fourth-order valence-corrected chi connectivity index (χ4v) is 2.86. The fourth-order valence-electron chi connectivity index (χ4n) is 2.40. The molecule has 0 aliphatic rings. The first-order chi connectivity index (χ1) is 12.4. The number of rotatable bonds is 5. The van der Waals surface area contributed by atoms with Gasteiger partial charge in [0.05, 0.1) is 11.4 Å². The minimum atomic E-state index is -0.140. The van der Waals surface area contributed by atoms with Crippen molar-refractivity contribution in [3.63, 3.8) is 0 Å². The molecule has 6 heteroatoms. The molecule has 0 spiro atoms. The highest BCUT2D eigenvalue weighted by Crippen LogP contribution is 2.25. The Hall–Kier alpha value is -2.60. The van der Waals surface area contributed by atoms with Gasteiger partial charge in [0.15, 0.2) is 0 Å². The maximum atomic E-state index is 4.64. The van der Waals surface area contributed by atoms with Gasteiger partial charge in [-0.3, -0.25) is 4.98 Å². The molecule has 2 aromatic heterocycles. The van der Waals surface area contributed by atoms with Gasteiger partial charge in [0.25, 0.3) is 0 Å². The van der Waals surface area contributed by atoms with Crippen LogP contribution in [0.3, 0.4) is 0 Å². The van der Waals surface area contributed by atoms with Crippen LogP contribution < -0.4 is 10.6 Å². The zero-order chi connectivity index (χ0) is 18.6. The van der Waals surface area contributed by atoms with Gasteiger partial charge in [-0.1, -0.05) is 12.1 Å². The molecule has 0 aliphatic carbocycles. The molecule has 0 fully saturated rings. The molecule has 3 aromatic rings. The summed E-state index contributed by atoms with van der Waals surface area (Å²) >= 11 is 1.71. The summed E-state index contributed by atoms with van der Waals surface area (Å²) < 4.78 is 0. The summed E-state index contributed by atoms with van der Waals surface area (Å²) in [6.07, 6.45) is 3.83. The third-order valence-corrected chi connectivity index (χ3v) is 4.21. The summed E-state index contributed by atoms with van der Waals surface area (Å²) in [5.41, 5.74) is 2.44. The van der Waals surface area contributed by atoms with Crippen molar-refractivity contribution >= 4 is 29.2 Å². The summed E-state index contributed by atoms with van der Waals surface area (Å²) in [5.74, 6) is 1.30. The van der Waals surface area contributed by atoms with E-state index in [1.807, 2.05) is 36.4 Å². The Kier molecular flexibility index (Phi) is 5.42. The summed E-state index contributed by atoms with van der Waals surface area (Å²) in [7, 11) is 0. The largest absolute Gasteiger partial charge is 0.350 e. The van der Waals surface area contributed by atoms with Crippen molar-refractivity contribution in [2.45, 2.75) is 31.2 Å². The predicted molar refractivity (Wildman–Crippen MR) is 110 cm³/mol. The molecule has 0 bridgehead atoms. The Morgan fingerprint density at radius 2 is 1.77 bits per heavy atom. The SMILES string of the molecule is CSc1cccc(Nc2cc(-c3ccccn3)nc(NC(C)(C)C)n2)c1. The number of anilines is 3. The van der Waals surface area contributed by atoms with Crippen molar-refractivity contribution in [2.75, 3.05) is 16.9 Å². The second kappa shape index (κ2) is 7.74. The number of nitrogens with zero attached hydrogens (tertiary/aromatic N) is 3. The van der Waals surface area contributed by atoms with Gasteiger partial charge in [0.2, 0.25) is 5.95 Å². The Labute approximate surface area is 158 Å². The smallest absolute Gasteiger partial charge is 0.225 e. The highest BCUT2D eigenvalue weighted by atomic mass is 32.2. The second-order valence-corrected chi connectivity index (χ2v) is 7.79. The standard InChI is InChI=1S/C20H23N5S/c1-20(2,3)25-19-23-17(16-10-5-6-11-21-16)13-18(24-19)22-14-8-7-9-15(12-14)26-4/h5-13H,1-4H3,(H2,22,23,24,25). The summed E-state index contributed by atoms with van der Waals surface area (Å²) in [5, 5.41) is 6.73. The molecule has 0 radical (unpaired) electrons. The minimum absolute atomic E-state index is 0.140. The van der Waals surface area contributed by atoms with E-state index in [1.54, 1.807) is 18.0 Å². The Morgan fingerprint density at radius 1 is 0.923 bits per heavy atom. The molecule has 0 saturated carbocycles. The second-order valence-electron chi connectivity index (χ2n) is 6.91. The number of pyridine rings is 1. The molecule has 2 heterocycles. The van der Waals surface area contributed by atoms with Crippen LogP contribution in [0.15, 0.2) is 59.6 Å². The summed E-state index contributed by atoms with van der Waals surface area (Å²) in [6, 6.07) is 16.0. The van der Waals surface area contributed by atoms with Crippen LogP contribution in [0, 0.1) is 0 Å². The molecular formula is C20H23N5S. The van der Waals surface area contributed by atoms with Crippen molar-refractivity contribution in [1.82, 2.24) is 15.0 Å². The van der Waals surface area contributed by atoms with E-state index in [2.05, 4.69) is 64.7 Å². The molecule has 26 heavy (non-hydrogen) atoms. The highest BCUT2D eigenvalue weighted by Gasteiger charge is 2.14. The van der Waals surface area contributed by atoms with Gasteiger partial charge >= 0.3 is 0 Å². The molecule has 0 atom stereocenters. The van der Waals surface area contributed by atoms with Crippen molar-refractivity contribution < 1.29 is 0 Å². The third-order valence-electron chi connectivity index (χ3n) is 3.48. The zero-order valence-electron chi connectivity index (χ0n) is 15.4. The molecule has 0 amide bonds. The van der Waals surface area contributed by atoms with Gasteiger partial charge < -0.3 is 10.6 Å². The average Bonchev–Trinajstić information content (AvgIpc) is 2.61. The lowest BCUT2D eigenvalue weighted by Crippen LogP contribution is -2.27. The molecule has 134 valence electrons. The normalized spacial score (nSPS) is 11.2. The van der Waals surface area contributed by atoms with Crippen LogP contribution >= 0.6 is 11.8 Å². The van der Waals surface area contributed by atoms with E-state index in [1.165, 1.54) is 4.90 Å². The van der Waals surface area contributed by atoms with Crippen LogP contribution in [0.1, 0.15) is 20.8 Å². The Bertz CT molecular complexity index is 875. The molecule has 1 aromatic carbocycles. The summed E-state index contributed by atoms with van der Waals surface area (Å²) in [6.45, 7) is 6.25. The highest BCUT2D eigenvalue weighted by molar-refractivity contribution is 7.98. The lowest BCUT2D eigenvalue weighted by atomic mass is 10.1. The Balaban J connectivity index is 1.98. The van der Waals surface area contributed by atoms with E-state index < -0.39 is 0 Å². The number of nitrogens with one attached hydrogen (secondary N) is 2. The van der Waals surface area contributed by atoms with Crippen molar-refractivity contribution in [3.05, 3.63) is 54.7 Å². The maximum Gasteiger partial charge on any atom is 0.225 e. The van der Waals surface area contributed by atoms with Gasteiger partial charge in [-0.2, -0.15) is 4.98 Å². The van der Waals surface area contributed by atoms with Crippen molar-refractivity contribution in [2.24, 2.45) is 0 Å². The van der Waals surface area contributed by atoms with E-state index >= 15 is 0 Å².